The van der Waals surface area contributed by atoms with E-state index in [2.05, 4.69) is 32.7 Å². The second-order valence-corrected chi connectivity index (χ2v) is 6.28. The maximum Gasteiger partial charge on any atom is 0.253 e. The number of aromatic amines is 1. The third-order valence-electron chi connectivity index (χ3n) is 4.47. The number of hydrogen-bond donors (Lipinski definition) is 3. The van der Waals surface area contributed by atoms with E-state index in [1.54, 1.807) is 12.4 Å². The third-order valence-corrected chi connectivity index (χ3v) is 4.47. The molecule has 0 saturated carbocycles. The van der Waals surface area contributed by atoms with Gasteiger partial charge in [0, 0.05) is 29.8 Å². The van der Waals surface area contributed by atoms with Crippen LogP contribution in [0.5, 0.6) is 0 Å². The quantitative estimate of drug-likeness (QED) is 0.483. The molecule has 0 saturated heterocycles. The fraction of sp³-hybridized carbons (Fsp3) is 0.0909. The molecule has 1 amide bonds. The number of amides is 1. The topological polar surface area (TPSA) is 69.8 Å². The van der Waals surface area contributed by atoms with Crippen molar-refractivity contribution in [3.8, 4) is 0 Å². The van der Waals surface area contributed by atoms with E-state index < -0.39 is 0 Å². The van der Waals surface area contributed by atoms with E-state index in [0.717, 1.165) is 23.3 Å². The average molecular weight is 356 g/mol. The Bertz CT molecular complexity index is 1060. The number of pyridine rings is 1. The van der Waals surface area contributed by atoms with Crippen molar-refractivity contribution < 1.29 is 4.79 Å². The zero-order valence-corrected chi connectivity index (χ0v) is 14.8. The Kier molecular flexibility index (Phi) is 4.83. The van der Waals surface area contributed by atoms with E-state index in [1.165, 1.54) is 10.9 Å². The van der Waals surface area contributed by atoms with Gasteiger partial charge in [0.1, 0.15) is 0 Å². The van der Waals surface area contributed by atoms with Gasteiger partial charge in [0.05, 0.1) is 23.1 Å². The summed E-state index contributed by atoms with van der Waals surface area (Å²) in [5.74, 6) is -0.0955. The largest absolute Gasteiger partial charge is 0.361 e. The number of anilines is 2. The minimum Gasteiger partial charge on any atom is -0.361 e. The summed E-state index contributed by atoms with van der Waals surface area (Å²) in [5, 5.41) is 7.47. The molecule has 0 aliphatic rings. The van der Waals surface area contributed by atoms with Crippen molar-refractivity contribution in [1.82, 2.24) is 15.3 Å². The summed E-state index contributed by atoms with van der Waals surface area (Å²) < 4.78 is 0. The molecular formula is C22H20N4O. The van der Waals surface area contributed by atoms with Crippen LogP contribution in [0.25, 0.3) is 10.9 Å². The number of nitrogens with one attached hydrogen (secondary N) is 3. The highest BCUT2D eigenvalue weighted by molar-refractivity contribution is 6.00. The van der Waals surface area contributed by atoms with E-state index in [-0.39, 0.29) is 5.91 Å². The number of nitrogens with zero attached hydrogens (tertiary/aromatic N) is 1. The minimum absolute atomic E-state index is 0.0955. The van der Waals surface area contributed by atoms with Gasteiger partial charge in [-0.25, -0.2) is 0 Å². The fourth-order valence-electron chi connectivity index (χ4n) is 3.13. The van der Waals surface area contributed by atoms with Crippen molar-refractivity contribution in [2.24, 2.45) is 0 Å². The van der Waals surface area contributed by atoms with Crippen LogP contribution in [0, 0.1) is 0 Å². The van der Waals surface area contributed by atoms with Crippen molar-refractivity contribution in [1.29, 1.82) is 0 Å². The van der Waals surface area contributed by atoms with Gasteiger partial charge in [-0.2, -0.15) is 0 Å². The number of para-hydroxylation sites is 2. The van der Waals surface area contributed by atoms with Gasteiger partial charge in [0.25, 0.3) is 5.91 Å². The SMILES string of the molecule is O=C(NCCc1c[nH]c2ccccc12)c1ccccc1Nc1cccnc1. The molecule has 4 aromatic rings. The van der Waals surface area contributed by atoms with E-state index in [9.17, 15) is 4.79 Å². The van der Waals surface area contributed by atoms with Crippen molar-refractivity contribution in [2.45, 2.75) is 6.42 Å². The van der Waals surface area contributed by atoms with Crippen molar-refractivity contribution in [2.75, 3.05) is 11.9 Å². The maximum absolute atomic E-state index is 12.7. The molecule has 5 heteroatoms. The molecule has 0 unspecified atom stereocenters. The number of carbonyl (C=O) groups excluding carboxylic acids is 1. The molecule has 0 radical (unpaired) electrons. The standard InChI is InChI=1S/C22H20N4O/c27-22(24-13-11-16-14-25-20-9-3-1-7-18(16)20)19-8-2-4-10-21(19)26-17-6-5-12-23-15-17/h1-10,12,14-15,25-26H,11,13H2,(H,24,27). The number of hydrogen-bond acceptors (Lipinski definition) is 3. The van der Waals surface area contributed by atoms with Crippen LogP contribution in [0.15, 0.2) is 79.3 Å². The summed E-state index contributed by atoms with van der Waals surface area (Å²) in [5.41, 5.74) is 4.53. The van der Waals surface area contributed by atoms with Crippen LogP contribution in [0.2, 0.25) is 0 Å². The molecule has 2 heterocycles. The number of carbonyl (C=O) groups is 1. The van der Waals surface area contributed by atoms with Gasteiger partial charge in [0.2, 0.25) is 0 Å². The van der Waals surface area contributed by atoms with Gasteiger partial charge in [-0.1, -0.05) is 30.3 Å². The molecule has 2 aromatic carbocycles. The molecule has 4 rings (SSSR count). The monoisotopic (exact) mass is 356 g/mol. The molecule has 0 bridgehead atoms. The lowest BCUT2D eigenvalue weighted by molar-refractivity contribution is 0.0955. The first-order valence-electron chi connectivity index (χ1n) is 8.90. The van der Waals surface area contributed by atoms with Crippen LogP contribution >= 0.6 is 0 Å². The lowest BCUT2D eigenvalue weighted by Gasteiger charge is -2.12. The highest BCUT2D eigenvalue weighted by Gasteiger charge is 2.11. The van der Waals surface area contributed by atoms with Gasteiger partial charge >= 0.3 is 0 Å². The van der Waals surface area contributed by atoms with Crippen LogP contribution in [0.4, 0.5) is 11.4 Å². The summed E-state index contributed by atoms with van der Waals surface area (Å²) in [6.45, 7) is 0.571. The highest BCUT2D eigenvalue weighted by atomic mass is 16.1. The smallest absolute Gasteiger partial charge is 0.253 e. The number of fused-ring (bicyclic) bond motifs is 1. The predicted molar refractivity (Wildman–Crippen MR) is 108 cm³/mol. The van der Waals surface area contributed by atoms with Gasteiger partial charge in [-0.05, 0) is 42.3 Å². The lowest BCUT2D eigenvalue weighted by atomic mass is 10.1. The summed E-state index contributed by atoms with van der Waals surface area (Å²) in [7, 11) is 0. The number of rotatable bonds is 6. The average Bonchev–Trinajstić information content (AvgIpc) is 3.12. The van der Waals surface area contributed by atoms with Crippen molar-refractivity contribution in [3.63, 3.8) is 0 Å². The molecule has 5 nitrogen and oxygen atoms in total. The molecule has 134 valence electrons. The molecular weight excluding hydrogens is 336 g/mol. The molecule has 2 aromatic heterocycles. The summed E-state index contributed by atoms with van der Waals surface area (Å²) in [6, 6.07) is 19.4. The Labute approximate surface area is 157 Å². The Hall–Kier alpha value is -3.60. The van der Waals surface area contributed by atoms with E-state index >= 15 is 0 Å². The summed E-state index contributed by atoms with van der Waals surface area (Å²) >= 11 is 0. The van der Waals surface area contributed by atoms with Crippen LogP contribution < -0.4 is 10.6 Å². The zero-order chi connectivity index (χ0) is 18.5. The van der Waals surface area contributed by atoms with E-state index in [4.69, 9.17) is 0 Å². The van der Waals surface area contributed by atoms with Gasteiger partial charge in [-0.3, -0.25) is 9.78 Å². The number of benzene rings is 2. The molecule has 0 spiro atoms. The highest BCUT2D eigenvalue weighted by Crippen LogP contribution is 2.21. The number of H-pyrrole nitrogens is 1. The zero-order valence-electron chi connectivity index (χ0n) is 14.8. The number of aromatic nitrogens is 2. The van der Waals surface area contributed by atoms with E-state index in [0.29, 0.717) is 12.1 Å². The fourth-order valence-corrected chi connectivity index (χ4v) is 3.13. The molecule has 0 atom stereocenters. The molecule has 3 N–H and O–H groups in total. The minimum atomic E-state index is -0.0955. The third kappa shape index (κ3) is 3.82. The molecule has 0 fully saturated rings. The molecule has 0 aliphatic heterocycles. The Morgan fingerprint density at radius 1 is 1.00 bits per heavy atom. The van der Waals surface area contributed by atoms with Gasteiger partial charge in [-0.15, -0.1) is 0 Å². The second kappa shape index (κ2) is 7.74. The first kappa shape index (κ1) is 16.8. The Balaban J connectivity index is 1.43. The van der Waals surface area contributed by atoms with Crippen LogP contribution in [-0.4, -0.2) is 22.4 Å². The summed E-state index contributed by atoms with van der Waals surface area (Å²) in [6.07, 6.45) is 6.23. The maximum atomic E-state index is 12.7. The van der Waals surface area contributed by atoms with Crippen LogP contribution in [-0.2, 0) is 6.42 Å². The van der Waals surface area contributed by atoms with Crippen LogP contribution in [0.3, 0.4) is 0 Å². The molecule has 27 heavy (non-hydrogen) atoms. The van der Waals surface area contributed by atoms with Gasteiger partial charge in [0.15, 0.2) is 0 Å². The van der Waals surface area contributed by atoms with Gasteiger partial charge < -0.3 is 15.6 Å². The Morgan fingerprint density at radius 2 is 1.85 bits per heavy atom. The van der Waals surface area contributed by atoms with Crippen molar-refractivity contribution in [3.05, 3.63) is 90.4 Å². The second-order valence-electron chi connectivity index (χ2n) is 6.28. The lowest BCUT2D eigenvalue weighted by Crippen LogP contribution is -2.26. The van der Waals surface area contributed by atoms with Crippen LogP contribution in [0.1, 0.15) is 15.9 Å². The molecule has 0 aliphatic carbocycles. The normalized spacial score (nSPS) is 10.7. The predicted octanol–water partition coefficient (Wildman–Crippen LogP) is 4.28. The summed E-state index contributed by atoms with van der Waals surface area (Å²) in [4.78, 5) is 20.0. The van der Waals surface area contributed by atoms with Crippen molar-refractivity contribution >= 4 is 28.2 Å². The first-order valence-corrected chi connectivity index (χ1v) is 8.90. The first-order chi connectivity index (χ1) is 13.3. The van der Waals surface area contributed by atoms with E-state index in [1.807, 2.05) is 54.7 Å². The Morgan fingerprint density at radius 3 is 2.74 bits per heavy atom.